The zero-order valence-electron chi connectivity index (χ0n) is 11.3. The van der Waals surface area contributed by atoms with Crippen molar-refractivity contribution in [3.8, 4) is 0 Å². The predicted molar refractivity (Wildman–Crippen MR) is 80.0 cm³/mol. The van der Waals surface area contributed by atoms with Crippen LogP contribution < -0.4 is 0 Å². The second-order valence-electron chi connectivity index (χ2n) is 4.47. The largest absolute Gasteiger partial charge is 0.396 e. The molecule has 20 heavy (non-hydrogen) atoms. The molecule has 0 saturated heterocycles. The van der Waals surface area contributed by atoms with Crippen LogP contribution in [-0.2, 0) is 0 Å². The lowest BCUT2D eigenvalue weighted by molar-refractivity contribution is 0.0756. The maximum atomic E-state index is 12.6. The minimum atomic E-state index is -0.0821. The molecule has 1 aromatic heterocycles. The number of aliphatic hydroxyl groups is 1. The van der Waals surface area contributed by atoms with E-state index in [0.717, 1.165) is 10.8 Å². The number of pyridine rings is 1. The first-order valence-electron chi connectivity index (χ1n) is 6.62. The average molecular weight is 293 g/mol. The highest BCUT2D eigenvalue weighted by Gasteiger charge is 2.17. The molecule has 1 N–H and O–H groups in total. The molecule has 0 aliphatic carbocycles. The Balaban J connectivity index is 2.41. The molecule has 0 saturated carbocycles. The van der Waals surface area contributed by atoms with Crippen LogP contribution in [0.25, 0.3) is 10.8 Å². The molecule has 0 spiro atoms. The molecule has 0 bridgehead atoms. The monoisotopic (exact) mass is 292 g/mol. The van der Waals surface area contributed by atoms with E-state index in [2.05, 4.69) is 4.98 Å². The van der Waals surface area contributed by atoms with Crippen LogP contribution in [0.4, 0.5) is 0 Å². The van der Waals surface area contributed by atoms with Crippen LogP contribution in [0.1, 0.15) is 23.7 Å². The molecule has 1 amide bonds. The maximum absolute atomic E-state index is 12.6. The lowest BCUT2D eigenvalue weighted by Gasteiger charge is -2.21. The van der Waals surface area contributed by atoms with Gasteiger partial charge in [-0.1, -0.05) is 35.9 Å². The predicted octanol–water partition coefficient (Wildman–Crippen LogP) is 2.73. The third-order valence-electron chi connectivity index (χ3n) is 3.23. The van der Waals surface area contributed by atoms with Crippen LogP contribution >= 0.6 is 11.6 Å². The quantitative estimate of drug-likeness (QED) is 0.862. The van der Waals surface area contributed by atoms with Gasteiger partial charge in [-0.05, 0) is 18.7 Å². The summed E-state index contributed by atoms with van der Waals surface area (Å²) in [5.74, 6) is -0.0821. The second kappa shape index (κ2) is 6.68. The number of halogens is 1. The molecule has 0 unspecified atom stereocenters. The van der Waals surface area contributed by atoms with Crippen molar-refractivity contribution < 1.29 is 9.90 Å². The Bertz CT molecular complexity index is 616. The van der Waals surface area contributed by atoms with Crippen molar-refractivity contribution in [2.75, 3.05) is 19.7 Å². The summed E-state index contributed by atoms with van der Waals surface area (Å²) in [6, 6.07) is 7.47. The zero-order valence-corrected chi connectivity index (χ0v) is 12.1. The number of amides is 1. The van der Waals surface area contributed by atoms with Crippen molar-refractivity contribution in [3.63, 3.8) is 0 Å². The topological polar surface area (TPSA) is 53.4 Å². The number of benzene rings is 1. The Morgan fingerprint density at radius 3 is 2.70 bits per heavy atom. The Morgan fingerprint density at radius 1 is 1.35 bits per heavy atom. The van der Waals surface area contributed by atoms with Gasteiger partial charge in [0.05, 0.1) is 5.56 Å². The number of aromatic nitrogens is 1. The van der Waals surface area contributed by atoms with E-state index in [4.69, 9.17) is 16.7 Å². The van der Waals surface area contributed by atoms with E-state index in [0.29, 0.717) is 30.2 Å². The van der Waals surface area contributed by atoms with E-state index < -0.39 is 0 Å². The summed E-state index contributed by atoms with van der Waals surface area (Å²) < 4.78 is 0. The van der Waals surface area contributed by atoms with Crippen LogP contribution in [-0.4, -0.2) is 40.6 Å². The smallest absolute Gasteiger partial charge is 0.256 e. The fraction of sp³-hybridized carbons (Fsp3) is 0.333. The minimum Gasteiger partial charge on any atom is -0.396 e. The fourth-order valence-corrected chi connectivity index (χ4v) is 2.38. The van der Waals surface area contributed by atoms with E-state index in [1.165, 1.54) is 6.20 Å². The summed E-state index contributed by atoms with van der Waals surface area (Å²) in [7, 11) is 0. The van der Waals surface area contributed by atoms with Crippen LogP contribution in [0.3, 0.4) is 0 Å². The molecule has 0 aliphatic rings. The summed E-state index contributed by atoms with van der Waals surface area (Å²) in [6.45, 7) is 3.11. The number of fused-ring (bicyclic) bond motifs is 1. The van der Waals surface area contributed by atoms with Crippen LogP contribution in [0, 0.1) is 0 Å². The zero-order chi connectivity index (χ0) is 14.5. The number of aliphatic hydroxyl groups excluding tert-OH is 1. The summed E-state index contributed by atoms with van der Waals surface area (Å²) in [5, 5.41) is 10.9. The van der Waals surface area contributed by atoms with Crippen molar-refractivity contribution >= 4 is 28.3 Å². The molecule has 1 aromatic carbocycles. The van der Waals surface area contributed by atoms with Gasteiger partial charge in [0.2, 0.25) is 0 Å². The lowest BCUT2D eigenvalue weighted by atomic mass is 10.1. The molecule has 106 valence electrons. The normalized spacial score (nSPS) is 10.8. The number of hydrogen-bond donors (Lipinski definition) is 1. The number of rotatable bonds is 5. The van der Waals surface area contributed by atoms with Gasteiger partial charge < -0.3 is 10.0 Å². The molecule has 0 fully saturated rings. The average Bonchev–Trinajstić information content (AvgIpc) is 2.48. The highest BCUT2D eigenvalue weighted by molar-refractivity contribution is 6.34. The second-order valence-corrected chi connectivity index (χ2v) is 4.83. The van der Waals surface area contributed by atoms with Crippen molar-refractivity contribution in [2.24, 2.45) is 0 Å². The Kier molecular flexibility index (Phi) is 4.93. The van der Waals surface area contributed by atoms with Gasteiger partial charge in [-0.15, -0.1) is 0 Å². The van der Waals surface area contributed by atoms with Gasteiger partial charge >= 0.3 is 0 Å². The van der Waals surface area contributed by atoms with Crippen LogP contribution in [0.15, 0.2) is 30.5 Å². The maximum Gasteiger partial charge on any atom is 0.256 e. The van der Waals surface area contributed by atoms with Gasteiger partial charge in [-0.3, -0.25) is 4.79 Å². The minimum absolute atomic E-state index is 0.0728. The summed E-state index contributed by atoms with van der Waals surface area (Å²) in [6.07, 6.45) is 2.09. The molecular formula is C15H17ClN2O2. The van der Waals surface area contributed by atoms with Gasteiger partial charge in [0.25, 0.3) is 5.91 Å². The van der Waals surface area contributed by atoms with Crippen LogP contribution in [0.5, 0.6) is 0 Å². The van der Waals surface area contributed by atoms with E-state index >= 15 is 0 Å². The van der Waals surface area contributed by atoms with Crippen molar-refractivity contribution in [2.45, 2.75) is 13.3 Å². The van der Waals surface area contributed by atoms with E-state index in [1.807, 2.05) is 31.2 Å². The molecule has 2 aromatic rings. The van der Waals surface area contributed by atoms with E-state index in [9.17, 15) is 4.79 Å². The van der Waals surface area contributed by atoms with Crippen molar-refractivity contribution in [1.82, 2.24) is 9.88 Å². The van der Waals surface area contributed by atoms with E-state index in [1.54, 1.807) is 4.90 Å². The Labute approximate surface area is 123 Å². The first-order valence-corrected chi connectivity index (χ1v) is 7.00. The summed E-state index contributed by atoms with van der Waals surface area (Å²) >= 11 is 6.06. The van der Waals surface area contributed by atoms with Gasteiger partial charge in [0.15, 0.2) is 0 Å². The third-order valence-corrected chi connectivity index (χ3v) is 3.53. The number of nitrogens with zero attached hydrogens (tertiary/aromatic N) is 2. The SMILES string of the molecule is CCN(CCCO)C(=O)c1cnc(Cl)c2ccccc12. The number of hydrogen-bond acceptors (Lipinski definition) is 3. The highest BCUT2D eigenvalue weighted by Crippen LogP contribution is 2.25. The highest BCUT2D eigenvalue weighted by atomic mass is 35.5. The van der Waals surface area contributed by atoms with Gasteiger partial charge in [0.1, 0.15) is 5.15 Å². The van der Waals surface area contributed by atoms with Crippen LogP contribution in [0.2, 0.25) is 5.15 Å². The molecule has 2 rings (SSSR count). The first kappa shape index (κ1) is 14.8. The fourth-order valence-electron chi connectivity index (χ4n) is 2.16. The lowest BCUT2D eigenvalue weighted by Crippen LogP contribution is -2.32. The molecule has 4 nitrogen and oxygen atoms in total. The number of carbonyl (C=O) groups excluding carboxylic acids is 1. The standard InChI is InChI=1S/C15H17ClN2O2/c1-2-18(8-5-9-19)15(20)13-10-17-14(16)12-7-4-3-6-11(12)13/h3-4,6-7,10,19H,2,5,8-9H2,1H3. The first-order chi connectivity index (χ1) is 9.69. The van der Waals surface area contributed by atoms with Gasteiger partial charge in [-0.2, -0.15) is 0 Å². The molecule has 0 atom stereocenters. The third kappa shape index (κ3) is 2.92. The van der Waals surface area contributed by atoms with E-state index in [-0.39, 0.29) is 12.5 Å². The molecule has 5 heteroatoms. The van der Waals surface area contributed by atoms with Crippen molar-refractivity contribution in [3.05, 3.63) is 41.2 Å². The molecule has 0 aliphatic heterocycles. The molecule has 1 heterocycles. The summed E-state index contributed by atoms with van der Waals surface area (Å²) in [4.78, 5) is 18.4. The van der Waals surface area contributed by atoms with Crippen molar-refractivity contribution in [1.29, 1.82) is 0 Å². The Hall–Kier alpha value is -1.65. The van der Waals surface area contributed by atoms with Gasteiger partial charge in [0, 0.05) is 31.3 Å². The molecular weight excluding hydrogens is 276 g/mol. The Morgan fingerprint density at radius 2 is 2.05 bits per heavy atom. The number of carbonyl (C=O) groups is 1. The molecule has 0 radical (unpaired) electrons. The summed E-state index contributed by atoms with van der Waals surface area (Å²) in [5.41, 5.74) is 0.546. The van der Waals surface area contributed by atoms with Gasteiger partial charge in [-0.25, -0.2) is 4.98 Å².